The third-order valence-electron chi connectivity index (χ3n) is 3.40. The van der Waals surface area contributed by atoms with E-state index in [0.717, 1.165) is 24.1 Å². The Morgan fingerprint density at radius 3 is 3.00 bits per heavy atom. The van der Waals surface area contributed by atoms with Crippen LogP contribution in [0, 0.1) is 5.92 Å². The van der Waals surface area contributed by atoms with Crippen LogP contribution in [0.3, 0.4) is 0 Å². The first-order valence-electron chi connectivity index (χ1n) is 5.69. The summed E-state index contributed by atoms with van der Waals surface area (Å²) in [6, 6.07) is 6.89. The number of aromatic amines is 1. The predicted molar refractivity (Wildman–Crippen MR) is 64.3 cm³/mol. The molecule has 0 saturated carbocycles. The SMILES string of the molecule is CNC(c1ccc2nc[nH]c2c1)C1CNC1. The molecule has 0 aliphatic carbocycles. The lowest BCUT2D eigenvalue weighted by atomic mass is 9.88. The summed E-state index contributed by atoms with van der Waals surface area (Å²) in [6.45, 7) is 2.21. The number of H-pyrrole nitrogens is 1. The minimum Gasteiger partial charge on any atom is -0.345 e. The molecule has 1 unspecified atom stereocenters. The molecule has 0 bridgehead atoms. The Morgan fingerprint density at radius 1 is 1.44 bits per heavy atom. The van der Waals surface area contributed by atoms with Crippen LogP contribution in [0.5, 0.6) is 0 Å². The smallest absolute Gasteiger partial charge is 0.0931 e. The highest BCUT2D eigenvalue weighted by Gasteiger charge is 2.27. The molecule has 2 heterocycles. The van der Waals surface area contributed by atoms with Gasteiger partial charge in [-0.05, 0) is 24.7 Å². The molecule has 2 aromatic rings. The maximum Gasteiger partial charge on any atom is 0.0931 e. The van der Waals surface area contributed by atoms with Crippen LogP contribution in [0.2, 0.25) is 0 Å². The van der Waals surface area contributed by atoms with Gasteiger partial charge in [-0.1, -0.05) is 6.07 Å². The molecule has 1 aromatic heterocycles. The summed E-state index contributed by atoms with van der Waals surface area (Å²) in [6.07, 6.45) is 1.74. The van der Waals surface area contributed by atoms with Gasteiger partial charge in [-0.15, -0.1) is 0 Å². The van der Waals surface area contributed by atoms with Gasteiger partial charge in [0.05, 0.1) is 17.4 Å². The second-order valence-corrected chi connectivity index (χ2v) is 4.36. The maximum atomic E-state index is 4.24. The monoisotopic (exact) mass is 216 g/mol. The van der Waals surface area contributed by atoms with E-state index in [-0.39, 0.29) is 0 Å². The van der Waals surface area contributed by atoms with E-state index >= 15 is 0 Å². The van der Waals surface area contributed by atoms with Crippen LogP contribution in [-0.4, -0.2) is 30.1 Å². The highest BCUT2D eigenvalue weighted by molar-refractivity contribution is 5.75. The fraction of sp³-hybridized carbons (Fsp3) is 0.417. The molecule has 1 fully saturated rings. The van der Waals surface area contributed by atoms with E-state index in [1.54, 1.807) is 6.33 Å². The third-order valence-corrected chi connectivity index (χ3v) is 3.40. The number of benzene rings is 1. The molecule has 1 aromatic carbocycles. The first-order chi connectivity index (χ1) is 7.88. The molecule has 4 heteroatoms. The van der Waals surface area contributed by atoms with Crippen molar-refractivity contribution in [3.63, 3.8) is 0 Å². The largest absolute Gasteiger partial charge is 0.345 e. The Bertz CT molecular complexity index is 486. The van der Waals surface area contributed by atoms with Crippen molar-refractivity contribution >= 4 is 11.0 Å². The Balaban J connectivity index is 1.95. The number of imidazole rings is 1. The van der Waals surface area contributed by atoms with E-state index in [0.29, 0.717) is 12.0 Å². The lowest BCUT2D eigenvalue weighted by Crippen LogP contribution is -2.48. The van der Waals surface area contributed by atoms with Gasteiger partial charge < -0.3 is 15.6 Å². The zero-order chi connectivity index (χ0) is 11.0. The summed E-state index contributed by atoms with van der Waals surface area (Å²) in [4.78, 5) is 7.40. The Labute approximate surface area is 94.5 Å². The first-order valence-corrected chi connectivity index (χ1v) is 5.69. The van der Waals surface area contributed by atoms with Gasteiger partial charge in [-0.25, -0.2) is 4.98 Å². The van der Waals surface area contributed by atoms with Crippen LogP contribution in [0.15, 0.2) is 24.5 Å². The van der Waals surface area contributed by atoms with Crippen LogP contribution in [0.25, 0.3) is 11.0 Å². The van der Waals surface area contributed by atoms with Crippen molar-refractivity contribution in [1.29, 1.82) is 0 Å². The summed E-state index contributed by atoms with van der Waals surface area (Å²) < 4.78 is 0. The van der Waals surface area contributed by atoms with Gasteiger partial charge in [-0.3, -0.25) is 0 Å². The number of rotatable bonds is 3. The second kappa shape index (κ2) is 3.88. The van der Waals surface area contributed by atoms with Gasteiger partial charge in [0, 0.05) is 25.0 Å². The van der Waals surface area contributed by atoms with E-state index in [9.17, 15) is 0 Å². The van der Waals surface area contributed by atoms with Gasteiger partial charge in [0.2, 0.25) is 0 Å². The van der Waals surface area contributed by atoms with Crippen molar-refractivity contribution in [2.24, 2.45) is 5.92 Å². The molecule has 84 valence electrons. The lowest BCUT2D eigenvalue weighted by Gasteiger charge is -2.34. The van der Waals surface area contributed by atoms with Gasteiger partial charge >= 0.3 is 0 Å². The van der Waals surface area contributed by atoms with E-state index < -0.39 is 0 Å². The summed E-state index contributed by atoms with van der Waals surface area (Å²) in [5.41, 5.74) is 3.49. The average molecular weight is 216 g/mol. The molecule has 0 spiro atoms. The molecule has 1 aliphatic rings. The van der Waals surface area contributed by atoms with Gasteiger partial charge in [-0.2, -0.15) is 0 Å². The van der Waals surface area contributed by atoms with Crippen LogP contribution < -0.4 is 10.6 Å². The number of nitrogens with one attached hydrogen (secondary N) is 3. The molecular formula is C12H16N4. The average Bonchev–Trinajstić information content (AvgIpc) is 2.69. The van der Waals surface area contributed by atoms with Crippen molar-refractivity contribution in [2.75, 3.05) is 20.1 Å². The minimum absolute atomic E-state index is 0.439. The van der Waals surface area contributed by atoms with Crippen molar-refractivity contribution in [3.8, 4) is 0 Å². The Morgan fingerprint density at radius 2 is 2.31 bits per heavy atom. The zero-order valence-electron chi connectivity index (χ0n) is 9.33. The van der Waals surface area contributed by atoms with Crippen LogP contribution in [0.1, 0.15) is 11.6 Å². The third kappa shape index (κ3) is 1.50. The fourth-order valence-electron chi connectivity index (χ4n) is 2.37. The highest BCUT2D eigenvalue weighted by atomic mass is 15.0. The molecule has 0 amide bonds. The van der Waals surface area contributed by atoms with Gasteiger partial charge in [0.25, 0.3) is 0 Å². The van der Waals surface area contributed by atoms with E-state index in [1.807, 2.05) is 7.05 Å². The van der Waals surface area contributed by atoms with Crippen LogP contribution in [0.4, 0.5) is 0 Å². The summed E-state index contributed by atoms with van der Waals surface area (Å²) in [5, 5.41) is 6.72. The summed E-state index contributed by atoms with van der Waals surface area (Å²) in [5.74, 6) is 0.699. The molecular weight excluding hydrogens is 200 g/mol. The van der Waals surface area contributed by atoms with E-state index in [4.69, 9.17) is 0 Å². The standard InChI is InChI=1S/C12H16N4/c1-13-12(9-5-14-6-9)8-2-3-10-11(4-8)16-7-15-10/h2-4,7,9,12-14H,5-6H2,1H3,(H,15,16). The predicted octanol–water partition coefficient (Wildman–Crippen LogP) is 1.04. The molecule has 4 nitrogen and oxygen atoms in total. The van der Waals surface area contributed by atoms with Crippen molar-refractivity contribution in [2.45, 2.75) is 6.04 Å². The summed E-state index contributed by atoms with van der Waals surface area (Å²) >= 11 is 0. The van der Waals surface area contributed by atoms with Crippen molar-refractivity contribution in [1.82, 2.24) is 20.6 Å². The number of nitrogens with zero attached hydrogens (tertiary/aromatic N) is 1. The van der Waals surface area contributed by atoms with Crippen molar-refractivity contribution < 1.29 is 0 Å². The first kappa shape index (κ1) is 9.81. The van der Waals surface area contributed by atoms with Crippen LogP contribution in [-0.2, 0) is 0 Å². The summed E-state index contributed by atoms with van der Waals surface area (Å²) in [7, 11) is 2.03. The molecule has 1 aliphatic heterocycles. The normalized spacial score (nSPS) is 18.6. The molecule has 0 radical (unpaired) electrons. The molecule has 3 rings (SSSR count). The number of hydrogen-bond acceptors (Lipinski definition) is 3. The molecule has 1 saturated heterocycles. The zero-order valence-corrected chi connectivity index (χ0v) is 9.33. The number of hydrogen-bond donors (Lipinski definition) is 3. The highest BCUT2D eigenvalue weighted by Crippen LogP contribution is 2.26. The molecule has 3 N–H and O–H groups in total. The van der Waals surface area contributed by atoms with Gasteiger partial charge in [0.15, 0.2) is 0 Å². The van der Waals surface area contributed by atoms with E-state index in [1.165, 1.54) is 5.56 Å². The Kier molecular flexibility index (Phi) is 2.38. The fourth-order valence-corrected chi connectivity index (χ4v) is 2.37. The second-order valence-electron chi connectivity index (χ2n) is 4.36. The minimum atomic E-state index is 0.439. The molecule has 16 heavy (non-hydrogen) atoms. The van der Waals surface area contributed by atoms with E-state index in [2.05, 4.69) is 38.8 Å². The molecule has 1 atom stereocenters. The quantitative estimate of drug-likeness (QED) is 0.718. The Hall–Kier alpha value is -1.39. The topological polar surface area (TPSA) is 52.7 Å². The van der Waals surface area contributed by atoms with Crippen LogP contribution >= 0.6 is 0 Å². The number of fused-ring (bicyclic) bond motifs is 1. The van der Waals surface area contributed by atoms with Crippen molar-refractivity contribution in [3.05, 3.63) is 30.1 Å². The lowest BCUT2D eigenvalue weighted by molar-refractivity contribution is 0.268. The van der Waals surface area contributed by atoms with Gasteiger partial charge in [0.1, 0.15) is 0 Å². The number of aromatic nitrogens is 2. The maximum absolute atomic E-state index is 4.24.